The number of nitrogens with zero attached hydrogens (tertiary/aromatic N) is 2. The maximum absolute atomic E-state index is 5.51. The number of piperidine rings is 1. The molecule has 0 amide bonds. The number of anilines is 1. The number of methoxy groups -OCH3 is 1. The van der Waals surface area contributed by atoms with E-state index in [1.807, 2.05) is 12.1 Å². The normalized spacial score (nSPS) is 18.7. The summed E-state index contributed by atoms with van der Waals surface area (Å²) in [6.45, 7) is 4.38. The van der Waals surface area contributed by atoms with Gasteiger partial charge in [0.15, 0.2) is 11.5 Å². The number of ether oxygens (including phenoxy) is 3. The van der Waals surface area contributed by atoms with E-state index in [4.69, 9.17) is 14.2 Å². The van der Waals surface area contributed by atoms with Crippen LogP contribution in [0, 0.1) is 0 Å². The Hall–Kier alpha value is -2.86. The molecule has 0 radical (unpaired) electrons. The van der Waals surface area contributed by atoms with Gasteiger partial charge < -0.3 is 24.4 Å². The van der Waals surface area contributed by atoms with Crippen molar-refractivity contribution in [3.8, 4) is 17.2 Å². The average Bonchev–Trinajstić information content (AvgIpc) is 3.25. The quantitative estimate of drug-likeness (QED) is 0.819. The molecule has 0 spiro atoms. The molecule has 3 aliphatic rings. The molecule has 0 atom stereocenters. The van der Waals surface area contributed by atoms with Crippen LogP contribution in [0.3, 0.4) is 0 Å². The molecule has 1 saturated heterocycles. The van der Waals surface area contributed by atoms with Crippen LogP contribution >= 0.6 is 0 Å². The van der Waals surface area contributed by atoms with Crippen LogP contribution in [0.2, 0.25) is 0 Å². The van der Waals surface area contributed by atoms with Crippen molar-refractivity contribution in [1.82, 2.24) is 10.2 Å². The van der Waals surface area contributed by atoms with Crippen molar-refractivity contribution in [1.29, 1.82) is 0 Å². The van der Waals surface area contributed by atoms with Crippen LogP contribution in [0.4, 0.5) is 5.69 Å². The molecule has 0 aromatic heterocycles. The summed E-state index contributed by atoms with van der Waals surface area (Å²) in [5.74, 6) is 2.62. The van der Waals surface area contributed by atoms with Crippen molar-refractivity contribution < 1.29 is 14.2 Å². The lowest BCUT2D eigenvalue weighted by Gasteiger charge is -2.35. The van der Waals surface area contributed by atoms with E-state index in [2.05, 4.69) is 52.5 Å². The molecule has 1 N–H and O–H groups in total. The smallest absolute Gasteiger partial charge is 0.231 e. The average molecular weight is 408 g/mol. The van der Waals surface area contributed by atoms with Crippen molar-refractivity contribution in [2.75, 3.05) is 45.5 Å². The van der Waals surface area contributed by atoms with Gasteiger partial charge in [0.05, 0.1) is 7.11 Å². The molecule has 2 aromatic carbocycles. The van der Waals surface area contributed by atoms with Crippen molar-refractivity contribution in [3.05, 3.63) is 53.6 Å². The number of fused-ring (bicyclic) bond motifs is 2. The Balaban J connectivity index is 1.20. The Bertz CT molecular complexity index is 951. The summed E-state index contributed by atoms with van der Waals surface area (Å²) in [4.78, 5) is 4.80. The van der Waals surface area contributed by atoms with Crippen LogP contribution in [0.25, 0.3) is 5.70 Å². The van der Waals surface area contributed by atoms with Crippen LogP contribution in [0.15, 0.2) is 42.5 Å². The number of hydrogen-bond donors (Lipinski definition) is 1. The Kier molecular flexibility index (Phi) is 5.17. The highest BCUT2D eigenvalue weighted by molar-refractivity contribution is 5.80. The van der Waals surface area contributed by atoms with E-state index >= 15 is 0 Å². The summed E-state index contributed by atoms with van der Waals surface area (Å²) >= 11 is 0. The second-order valence-electron chi connectivity index (χ2n) is 8.26. The van der Waals surface area contributed by atoms with E-state index in [-0.39, 0.29) is 0 Å². The topological polar surface area (TPSA) is 46.2 Å². The zero-order valence-corrected chi connectivity index (χ0v) is 17.7. The van der Waals surface area contributed by atoms with Crippen LogP contribution < -0.4 is 24.4 Å². The summed E-state index contributed by atoms with van der Waals surface area (Å²) in [5, 5.41) is 3.82. The largest absolute Gasteiger partial charge is 0.497 e. The molecule has 0 saturated carbocycles. The first-order valence-corrected chi connectivity index (χ1v) is 10.7. The summed E-state index contributed by atoms with van der Waals surface area (Å²) in [7, 11) is 3.86. The zero-order chi connectivity index (χ0) is 20.5. The molecule has 2 aromatic rings. The lowest BCUT2D eigenvalue weighted by atomic mass is 10.00. The third-order valence-electron chi connectivity index (χ3n) is 6.26. The first-order chi connectivity index (χ1) is 14.7. The first kappa shape index (κ1) is 19.1. The van der Waals surface area contributed by atoms with Gasteiger partial charge in [-0.3, -0.25) is 4.90 Å². The van der Waals surface area contributed by atoms with E-state index in [0.29, 0.717) is 12.8 Å². The highest BCUT2D eigenvalue weighted by atomic mass is 16.7. The van der Waals surface area contributed by atoms with Crippen LogP contribution in [0.5, 0.6) is 17.2 Å². The SMILES string of the molecule is COc1ccc2c(c1)C(NC1CCN(Cc3ccc4c(c3)OCO4)CC1)=CCN2C. The second-order valence-corrected chi connectivity index (χ2v) is 8.26. The van der Waals surface area contributed by atoms with Gasteiger partial charge in [0.25, 0.3) is 0 Å². The van der Waals surface area contributed by atoms with E-state index in [0.717, 1.165) is 56.3 Å². The minimum absolute atomic E-state index is 0.330. The van der Waals surface area contributed by atoms with E-state index in [1.165, 1.54) is 22.5 Å². The molecule has 3 aliphatic heterocycles. The standard InChI is InChI=1S/C24H29N3O3/c1-26-10-9-21(20-14-19(28-2)4-5-22(20)26)25-18-7-11-27(12-8-18)15-17-3-6-23-24(13-17)30-16-29-23/h3-6,9,13-14,18,25H,7-8,10-12,15-16H2,1-2H3. The Morgan fingerprint density at radius 1 is 1.07 bits per heavy atom. The number of nitrogens with one attached hydrogen (secondary N) is 1. The van der Waals surface area contributed by atoms with Crippen LogP contribution in [-0.4, -0.2) is 51.5 Å². The number of rotatable bonds is 5. The molecule has 6 nitrogen and oxygen atoms in total. The monoisotopic (exact) mass is 407 g/mol. The third kappa shape index (κ3) is 3.79. The molecule has 0 unspecified atom stereocenters. The fraction of sp³-hybridized carbons (Fsp3) is 0.417. The fourth-order valence-electron chi connectivity index (χ4n) is 4.52. The lowest BCUT2D eigenvalue weighted by molar-refractivity contribution is 0.173. The predicted octanol–water partition coefficient (Wildman–Crippen LogP) is 3.47. The van der Waals surface area contributed by atoms with Crippen molar-refractivity contribution >= 4 is 11.4 Å². The van der Waals surface area contributed by atoms with Gasteiger partial charge in [0.2, 0.25) is 6.79 Å². The molecule has 30 heavy (non-hydrogen) atoms. The maximum Gasteiger partial charge on any atom is 0.231 e. The number of likely N-dealkylation sites (N-methyl/N-ethyl adjacent to an activating group) is 1. The first-order valence-electron chi connectivity index (χ1n) is 10.7. The summed E-state index contributed by atoms with van der Waals surface area (Å²) in [6, 6.07) is 13.1. The lowest BCUT2D eigenvalue weighted by Crippen LogP contribution is -2.42. The highest BCUT2D eigenvalue weighted by Crippen LogP contribution is 2.34. The van der Waals surface area contributed by atoms with Crippen LogP contribution in [0.1, 0.15) is 24.0 Å². The Morgan fingerprint density at radius 2 is 1.90 bits per heavy atom. The maximum atomic E-state index is 5.51. The summed E-state index contributed by atoms with van der Waals surface area (Å²) in [5.41, 5.74) is 4.99. The van der Waals surface area contributed by atoms with Gasteiger partial charge in [0, 0.05) is 56.2 Å². The third-order valence-corrected chi connectivity index (χ3v) is 6.26. The molecule has 0 bridgehead atoms. The minimum atomic E-state index is 0.330. The van der Waals surface area contributed by atoms with Gasteiger partial charge in [-0.1, -0.05) is 6.07 Å². The van der Waals surface area contributed by atoms with Gasteiger partial charge >= 0.3 is 0 Å². The molecular weight excluding hydrogens is 378 g/mol. The second kappa shape index (κ2) is 8.11. The van der Waals surface area contributed by atoms with Crippen molar-refractivity contribution in [2.24, 2.45) is 0 Å². The molecule has 5 rings (SSSR count). The predicted molar refractivity (Wildman–Crippen MR) is 118 cm³/mol. The minimum Gasteiger partial charge on any atom is -0.497 e. The molecular formula is C24H29N3O3. The van der Waals surface area contributed by atoms with Gasteiger partial charge in [-0.05, 0) is 54.8 Å². The molecule has 1 fully saturated rings. The highest BCUT2D eigenvalue weighted by Gasteiger charge is 2.24. The van der Waals surface area contributed by atoms with Crippen LogP contribution in [-0.2, 0) is 6.54 Å². The van der Waals surface area contributed by atoms with Gasteiger partial charge in [0.1, 0.15) is 5.75 Å². The van der Waals surface area contributed by atoms with Gasteiger partial charge in [-0.2, -0.15) is 0 Å². The molecule has 158 valence electrons. The van der Waals surface area contributed by atoms with Gasteiger partial charge in [-0.15, -0.1) is 0 Å². The van der Waals surface area contributed by atoms with Crippen molar-refractivity contribution in [3.63, 3.8) is 0 Å². The summed E-state index contributed by atoms with van der Waals surface area (Å²) in [6.07, 6.45) is 4.56. The molecule has 0 aliphatic carbocycles. The van der Waals surface area contributed by atoms with Crippen molar-refractivity contribution in [2.45, 2.75) is 25.4 Å². The Labute approximate surface area is 178 Å². The number of hydrogen-bond acceptors (Lipinski definition) is 6. The fourth-order valence-corrected chi connectivity index (χ4v) is 4.52. The molecule has 3 heterocycles. The van der Waals surface area contributed by atoms with E-state index in [1.54, 1.807) is 7.11 Å². The van der Waals surface area contributed by atoms with E-state index in [9.17, 15) is 0 Å². The van der Waals surface area contributed by atoms with E-state index < -0.39 is 0 Å². The van der Waals surface area contributed by atoms with Gasteiger partial charge in [-0.25, -0.2) is 0 Å². The number of likely N-dealkylation sites (tertiary alicyclic amines) is 1. The summed E-state index contributed by atoms with van der Waals surface area (Å²) < 4.78 is 16.4. The zero-order valence-electron chi connectivity index (χ0n) is 17.7. The molecule has 6 heteroatoms. The number of benzene rings is 2. The Morgan fingerprint density at radius 3 is 2.73 bits per heavy atom.